The van der Waals surface area contributed by atoms with Crippen LogP contribution in [-0.2, 0) is 27.2 Å². The molecule has 0 unspecified atom stereocenters. The van der Waals surface area contributed by atoms with Crippen LogP contribution in [0, 0.1) is 0 Å². The fraction of sp³-hybridized carbons (Fsp3) is 0.364. The molecule has 1 fully saturated rings. The van der Waals surface area contributed by atoms with E-state index in [4.69, 9.17) is 21.4 Å². The molecule has 4 rings (SSSR count). The van der Waals surface area contributed by atoms with Crippen molar-refractivity contribution in [1.29, 1.82) is 0 Å². The Kier molecular flexibility index (Phi) is 7.12. The Morgan fingerprint density at radius 2 is 2.16 bits per heavy atom. The zero-order valence-corrected chi connectivity index (χ0v) is 19.9. The fourth-order valence-electron chi connectivity index (χ4n) is 3.67. The molecule has 32 heavy (non-hydrogen) atoms. The lowest BCUT2D eigenvalue weighted by Crippen LogP contribution is -2.31. The average molecular weight is 491 g/mol. The molecule has 168 valence electrons. The van der Waals surface area contributed by atoms with Crippen molar-refractivity contribution < 1.29 is 23.5 Å². The van der Waals surface area contributed by atoms with Crippen LogP contribution in [-0.4, -0.2) is 40.2 Å². The highest BCUT2D eigenvalue weighted by Gasteiger charge is 2.33. The van der Waals surface area contributed by atoms with Gasteiger partial charge in [-0.2, -0.15) is 0 Å². The van der Waals surface area contributed by atoms with Crippen LogP contribution in [0.15, 0.2) is 27.7 Å². The number of nitrogens with one attached hydrogen (secondary N) is 1. The minimum absolute atomic E-state index is 0.0608. The minimum Gasteiger partial charge on any atom is -0.465 e. The number of aryl methyl sites for hydroxylation is 1. The van der Waals surface area contributed by atoms with E-state index in [9.17, 15) is 14.4 Å². The van der Waals surface area contributed by atoms with E-state index in [0.29, 0.717) is 25.6 Å². The van der Waals surface area contributed by atoms with Crippen molar-refractivity contribution in [2.75, 3.05) is 18.5 Å². The Hall–Kier alpha value is -2.43. The van der Waals surface area contributed by atoms with E-state index in [0.717, 1.165) is 36.1 Å². The number of anilines is 1. The third-order valence-corrected chi connectivity index (χ3v) is 7.74. The molecule has 1 aliphatic carbocycles. The van der Waals surface area contributed by atoms with Gasteiger partial charge in [-0.1, -0.05) is 24.0 Å². The number of thiophene rings is 1. The van der Waals surface area contributed by atoms with Crippen molar-refractivity contribution in [2.24, 2.45) is 0 Å². The molecular formula is C22H22N2O5S3. The maximum atomic E-state index is 12.7. The summed E-state index contributed by atoms with van der Waals surface area (Å²) in [6, 6.07) is 3.49. The van der Waals surface area contributed by atoms with Crippen LogP contribution in [0.1, 0.15) is 52.7 Å². The van der Waals surface area contributed by atoms with Crippen molar-refractivity contribution >= 4 is 68.5 Å². The Labute approximate surface area is 199 Å². The van der Waals surface area contributed by atoms with Crippen LogP contribution in [0.25, 0.3) is 6.08 Å². The molecule has 2 amide bonds. The fourth-order valence-corrected chi connectivity index (χ4v) is 6.25. The molecule has 0 atom stereocenters. The zero-order chi connectivity index (χ0) is 22.7. The van der Waals surface area contributed by atoms with Gasteiger partial charge in [0, 0.05) is 23.9 Å². The van der Waals surface area contributed by atoms with Crippen LogP contribution < -0.4 is 5.32 Å². The van der Waals surface area contributed by atoms with E-state index in [-0.39, 0.29) is 31.4 Å². The van der Waals surface area contributed by atoms with Crippen molar-refractivity contribution in [2.45, 2.75) is 39.0 Å². The SMILES string of the molecule is CCOC(=O)c1c(NC(=O)CCN2C(=O)C(=Cc3ccco3)SC2=S)sc2c1CCCC2. The lowest BCUT2D eigenvalue weighted by molar-refractivity contribution is -0.122. The standard InChI is InChI=1S/C22H22N2O5S3/c1-2-28-21(27)18-14-7-3-4-8-15(14)31-19(18)23-17(25)9-10-24-20(26)16(32-22(24)30)12-13-6-5-11-29-13/h5-6,11-12H,2-4,7-10H2,1H3,(H,23,25). The van der Waals surface area contributed by atoms with Gasteiger partial charge in [0.2, 0.25) is 5.91 Å². The monoisotopic (exact) mass is 490 g/mol. The molecule has 0 spiro atoms. The maximum Gasteiger partial charge on any atom is 0.341 e. The van der Waals surface area contributed by atoms with Crippen LogP contribution >= 0.6 is 35.3 Å². The van der Waals surface area contributed by atoms with E-state index < -0.39 is 5.97 Å². The summed E-state index contributed by atoms with van der Waals surface area (Å²) in [7, 11) is 0. The molecule has 1 saturated heterocycles. The number of carbonyl (C=O) groups excluding carboxylic acids is 3. The summed E-state index contributed by atoms with van der Waals surface area (Å²) in [6.45, 7) is 2.19. The predicted octanol–water partition coefficient (Wildman–Crippen LogP) is 4.63. The number of rotatable bonds is 7. The highest BCUT2D eigenvalue weighted by atomic mass is 32.2. The quantitative estimate of drug-likeness (QED) is 0.344. The van der Waals surface area contributed by atoms with Gasteiger partial charge >= 0.3 is 5.97 Å². The van der Waals surface area contributed by atoms with E-state index in [1.54, 1.807) is 25.1 Å². The molecule has 1 aliphatic heterocycles. The second-order valence-electron chi connectivity index (χ2n) is 7.28. The molecule has 2 aromatic rings. The zero-order valence-electron chi connectivity index (χ0n) is 17.5. The van der Waals surface area contributed by atoms with Crippen molar-refractivity contribution in [3.05, 3.63) is 45.1 Å². The Balaban J connectivity index is 1.42. The molecule has 1 N–H and O–H groups in total. The second-order valence-corrected chi connectivity index (χ2v) is 10.1. The Morgan fingerprint density at radius 3 is 2.91 bits per heavy atom. The number of amides is 2. The van der Waals surface area contributed by atoms with E-state index in [1.807, 2.05) is 0 Å². The van der Waals surface area contributed by atoms with Crippen molar-refractivity contribution in [3.8, 4) is 0 Å². The van der Waals surface area contributed by atoms with Crippen LogP contribution in [0.3, 0.4) is 0 Å². The van der Waals surface area contributed by atoms with Gasteiger partial charge in [-0.05, 0) is 50.3 Å². The first-order chi connectivity index (χ1) is 15.5. The number of hydrogen-bond donors (Lipinski definition) is 1. The molecule has 0 aromatic carbocycles. The van der Waals surface area contributed by atoms with Gasteiger partial charge in [-0.25, -0.2) is 4.79 Å². The number of thioether (sulfide) groups is 1. The van der Waals surface area contributed by atoms with E-state index in [1.165, 1.54) is 34.3 Å². The van der Waals surface area contributed by atoms with Gasteiger partial charge in [0.05, 0.1) is 23.3 Å². The molecule has 2 aliphatic rings. The number of thiocarbonyl (C=S) groups is 1. The number of hydrogen-bond acceptors (Lipinski definition) is 8. The molecular weight excluding hydrogens is 468 g/mol. The molecule has 2 aromatic heterocycles. The number of furan rings is 1. The van der Waals surface area contributed by atoms with Crippen LogP contribution in [0.5, 0.6) is 0 Å². The topological polar surface area (TPSA) is 88.9 Å². The minimum atomic E-state index is -0.401. The number of nitrogens with zero attached hydrogens (tertiary/aromatic N) is 1. The first kappa shape index (κ1) is 22.8. The van der Waals surface area contributed by atoms with Crippen molar-refractivity contribution in [3.63, 3.8) is 0 Å². The second kappa shape index (κ2) is 10.0. The van der Waals surface area contributed by atoms with Gasteiger partial charge in [0.1, 0.15) is 15.1 Å². The predicted molar refractivity (Wildman–Crippen MR) is 129 cm³/mol. The summed E-state index contributed by atoms with van der Waals surface area (Å²) in [4.78, 5) is 40.9. The lowest BCUT2D eigenvalue weighted by atomic mass is 9.95. The summed E-state index contributed by atoms with van der Waals surface area (Å²) in [5.41, 5.74) is 1.47. The van der Waals surface area contributed by atoms with Gasteiger partial charge < -0.3 is 14.5 Å². The van der Waals surface area contributed by atoms with Crippen molar-refractivity contribution in [1.82, 2.24) is 4.90 Å². The summed E-state index contributed by atoms with van der Waals surface area (Å²) in [5.74, 6) is -0.361. The van der Waals surface area contributed by atoms with E-state index in [2.05, 4.69) is 5.32 Å². The van der Waals surface area contributed by atoms with Crippen LogP contribution in [0.4, 0.5) is 5.00 Å². The number of fused-ring (bicyclic) bond motifs is 1. The van der Waals surface area contributed by atoms with Gasteiger partial charge in [0.15, 0.2) is 0 Å². The summed E-state index contributed by atoms with van der Waals surface area (Å²) in [6.07, 6.45) is 7.04. The van der Waals surface area contributed by atoms with Gasteiger partial charge in [0.25, 0.3) is 5.91 Å². The summed E-state index contributed by atoms with van der Waals surface area (Å²) >= 11 is 7.95. The Bertz CT molecular complexity index is 1090. The third kappa shape index (κ3) is 4.82. The lowest BCUT2D eigenvalue weighted by Gasteiger charge is -2.14. The highest BCUT2D eigenvalue weighted by molar-refractivity contribution is 8.26. The molecule has 3 heterocycles. The first-order valence-corrected chi connectivity index (χ1v) is 12.4. The summed E-state index contributed by atoms with van der Waals surface area (Å²) in [5, 5.41) is 3.40. The number of esters is 1. The first-order valence-electron chi connectivity index (χ1n) is 10.4. The molecule has 0 radical (unpaired) electrons. The molecule has 10 heteroatoms. The smallest absolute Gasteiger partial charge is 0.341 e. The van der Waals surface area contributed by atoms with Gasteiger partial charge in [-0.3, -0.25) is 14.5 Å². The molecule has 7 nitrogen and oxygen atoms in total. The number of ether oxygens (including phenoxy) is 1. The average Bonchev–Trinajstić information content (AvgIpc) is 3.46. The maximum absolute atomic E-state index is 12.7. The summed E-state index contributed by atoms with van der Waals surface area (Å²) < 4.78 is 10.9. The number of carbonyl (C=O) groups is 3. The largest absolute Gasteiger partial charge is 0.465 e. The van der Waals surface area contributed by atoms with Gasteiger partial charge in [-0.15, -0.1) is 11.3 Å². The third-order valence-electron chi connectivity index (χ3n) is 5.16. The molecule has 0 saturated carbocycles. The normalized spacial score (nSPS) is 17.0. The molecule has 0 bridgehead atoms. The Morgan fingerprint density at radius 1 is 1.34 bits per heavy atom. The van der Waals surface area contributed by atoms with E-state index >= 15 is 0 Å². The van der Waals surface area contributed by atoms with Crippen LogP contribution in [0.2, 0.25) is 0 Å². The highest BCUT2D eigenvalue weighted by Crippen LogP contribution is 2.39.